The number of aldehydes is 1. The summed E-state index contributed by atoms with van der Waals surface area (Å²) < 4.78 is 5.27. The van der Waals surface area contributed by atoms with E-state index >= 15 is 0 Å². The largest absolute Gasteiger partial charge is 0.493 e. The van der Waals surface area contributed by atoms with Gasteiger partial charge < -0.3 is 9.53 Å². The summed E-state index contributed by atoms with van der Waals surface area (Å²) in [7, 11) is 0. The van der Waals surface area contributed by atoms with Crippen LogP contribution in [0.1, 0.15) is 12.0 Å². The maximum absolute atomic E-state index is 10.0. The van der Waals surface area contributed by atoms with Gasteiger partial charge in [-0.15, -0.1) is 0 Å². The Kier molecular flexibility index (Phi) is 4.22. The SMILES string of the molecule is N#CCc1ccc(OCCC=O)cc1. The highest BCUT2D eigenvalue weighted by molar-refractivity contribution is 5.49. The molecule has 0 aliphatic carbocycles. The number of nitriles is 1. The van der Waals surface area contributed by atoms with Crippen LogP contribution >= 0.6 is 0 Å². The molecular formula is C11H11NO2. The number of ether oxygens (including phenoxy) is 1. The molecule has 0 aliphatic heterocycles. The predicted molar refractivity (Wildman–Crippen MR) is 51.9 cm³/mol. The number of hydrogen-bond donors (Lipinski definition) is 0. The Labute approximate surface area is 82.9 Å². The van der Waals surface area contributed by atoms with Gasteiger partial charge in [0.05, 0.1) is 19.1 Å². The van der Waals surface area contributed by atoms with E-state index in [9.17, 15) is 4.79 Å². The second-order valence-corrected chi connectivity index (χ2v) is 2.78. The minimum atomic E-state index is 0.403. The molecule has 0 fully saturated rings. The first-order chi connectivity index (χ1) is 6.86. The van der Waals surface area contributed by atoms with Crippen molar-refractivity contribution in [3.05, 3.63) is 29.8 Å². The molecule has 0 aliphatic rings. The lowest BCUT2D eigenvalue weighted by molar-refractivity contribution is -0.108. The summed E-state index contributed by atoms with van der Waals surface area (Å²) >= 11 is 0. The van der Waals surface area contributed by atoms with E-state index in [4.69, 9.17) is 10.00 Å². The fourth-order valence-corrected chi connectivity index (χ4v) is 1.02. The molecule has 14 heavy (non-hydrogen) atoms. The zero-order chi connectivity index (χ0) is 10.2. The lowest BCUT2D eigenvalue weighted by Gasteiger charge is -2.03. The van der Waals surface area contributed by atoms with Crippen molar-refractivity contribution >= 4 is 6.29 Å². The van der Waals surface area contributed by atoms with Crippen molar-refractivity contribution in [2.75, 3.05) is 6.61 Å². The van der Waals surface area contributed by atoms with Crippen molar-refractivity contribution in [1.82, 2.24) is 0 Å². The van der Waals surface area contributed by atoms with Crippen molar-refractivity contribution in [3.8, 4) is 11.8 Å². The molecule has 0 saturated heterocycles. The number of rotatable bonds is 5. The molecule has 0 spiro atoms. The molecule has 1 aromatic carbocycles. The van der Waals surface area contributed by atoms with Crippen LogP contribution in [-0.4, -0.2) is 12.9 Å². The summed E-state index contributed by atoms with van der Waals surface area (Å²) in [5.74, 6) is 0.730. The number of nitrogens with zero attached hydrogens (tertiary/aromatic N) is 1. The van der Waals surface area contributed by atoms with Crippen LogP contribution in [0.25, 0.3) is 0 Å². The van der Waals surface area contributed by atoms with Crippen LogP contribution in [0.15, 0.2) is 24.3 Å². The third kappa shape index (κ3) is 3.28. The maximum Gasteiger partial charge on any atom is 0.123 e. The molecule has 1 aromatic rings. The molecule has 1 rings (SSSR count). The summed E-state index contributed by atoms with van der Waals surface area (Å²) in [5, 5.41) is 8.44. The van der Waals surface area contributed by atoms with Gasteiger partial charge in [0.15, 0.2) is 0 Å². The van der Waals surface area contributed by atoms with E-state index in [0.29, 0.717) is 19.4 Å². The molecule has 0 radical (unpaired) electrons. The van der Waals surface area contributed by atoms with Crippen molar-refractivity contribution in [2.45, 2.75) is 12.8 Å². The smallest absolute Gasteiger partial charge is 0.123 e. The van der Waals surface area contributed by atoms with E-state index in [2.05, 4.69) is 6.07 Å². The molecule has 0 N–H and O–H groups in total. The van der Waals surface area contributed by atoms with Crippen molar-refractivity contribution in [1.29, 1.82) is 5.26 Å². The van der Waals surface area contributed by atoms with E-state index < -0.39 is 0 Å². The fourth-order valence-electron chi connectivity index (χ4n) is 1.02. The van der Waals surface area contributed by atoms with Gasteiger partial charge in [-0.1, -0.05) is 12.1 Å². The first kappa shape index (κ1) is 10.3. The minimum Gasteiger partial charge on any atom is -0.493 e. The highest BCUT2D eigenvalue weighted by Crippen LogP contribution is 2.12. The van der Waals surface area contributed by atoms with Gasteiger partial charge in [-0.25, -0.2) is 0 Å². The van der Waals surface area contributed by atoms with Gasteiger partial charge in [-0.05, 0) is 17.7 Å². The third-order valence-electron chi connectivity index (χ3n) is 1.71. The van der Waals surface area contributed by atoms with Gasteiger partial charge in [0.2, 0.25) is 0 Å². The molecule has 72 valence electrons. The number of carbonyl (C=O) groups is 1. The molecule has 0 saturated carbocycles. The van der Waals surface area contributed by atoms with Gasteiger partial charge in [0, 0.05) is 6.42 Å². The molecule has 0 bridgehead atoms. The second kappa shape index (κ2) is 5.76. The highest BCUT2D eigenvalue weighted by Gasteiger charge is 1.94. The third-order valence-corrected chi connectivity index (χ3v) is 1.71. The zero-order valence-electron chi connectivity index (χ0n) is 7.77. The summed E-state index contributed by atoms with van der Waals surface area (Å²) in [6, 6.07) is 9.37. The van der Waals surface area contributed by atoms with Gasteiger partial charge in [0.25, 0.3) is 0 Å². The van der Waals surface area contributed by atoms with Gasteiger partial charge in [0.1, 0.15) is 12.0 Å². The summed E-state index contributed by atoms with van der Waals surface area (Å²) in [6.45, 7) is 0.404. The Morgan fingerprint density at radius 2 is 2.07 bits per heavy atom. The lowest BCUT2D eigenvalue weighted by Crippen LogP contribution is -1.97. The molecule has 0 amide bonds. The van der Waals surface area contributed by atoms with Crippen LogP contribution in [0, 0.1) is 11.3 Å². The fraction of sp³-hybridized carbons (Fsp3) is 0.273. The van der Waals surface area contributed by atoms with Gasteiger partial charge in [-0.3, -0.25) is 0 Å². The lowest BCUT2D eigenvalue weighted by atomic mass is 10.2. The number of hydrogen-bond acceptors (Lipinski definition) is 3. The summed E-state index contributed by atoms with van der Waals surface area (Å²) in [5.41, 5.74) is 0.968. The summed E-state index contributed by atoms with van der Waals surface area (Å²) in [6.07, 6.45) is 1.64. The van der Waals surface area contributed by atoms with Crippen molar-refractivity contribution in [2.24, 2.45) is 0 Å². The van der Waals surface area contributed by atoms with Crippen LogP contribution in [0.5, 0.6) is 5.75 Å². The maximum atomic E-state index is 10.0. The van der Waals surface area contributed by atoms with Crippen molar-refractivity contribution < 1.29 is 9.53 Å². The van der Waals surface area contributed by atoms with Crippen LogP contribution in [0.2, 0.25) is 0 Å². The number of carbonyl (C=O) groups excluding carboxylic acids is 1. The van der Waals surface area contributed by atoms with Crippen LogP contribution in [0.3, 0.4) is 0 Å². The van der Waals surface area contributed by atoms with E-state index in [-0.39, 0.29) is 0 Å². The quantitative estimate of drug-likeness (QED) is 0.523. The molecule has 3 heteroatoms. The monoisotopic (exact) mass is 189 g/mol. The number of benzene rings is 1. The van der Waals surface area contributed by atoms with Gasteiger partial charge in [-0.2, -0.15) is 5.26 Å². The van der Waals surface area contributed by atoms with E-state index in [1.165, 1.54) is 0 Å². The summed E-state index contributed by atoms with van der Waals surface area (Å²) in [4.78, 5) is 10.0. The molecule has 0 aromatic heterocycles. The molecule has 0 heterocycles. The zero-order valence-corrected chi connectivity index (χ0v) is 7.77. The van der Waals surface area contributed by atoms with Crippen LogP contribution in [-0.2, 0) is 11.2 Å². The van der Waals surface area contributed by atoms with Gasteiger partial charge >= 0.3 is 0 Å². The van der Waals surface area contributed by atoms with E-state index in [1.54, 1.807) is 12.1 Å². The Morgan fingerprint density at radius 1 is 1.36 bits per heavy atom. The normalized spacial score (nSPS) is 9.07. The Bertz CT molecular complexity index is 324. The predicted octanol–water partition coefficient (Wildman–Crippen LogP) is 1.72. The molecule has 0 atom stereocenters. The first-order valence-electron chi connectivity index (χ1n) is 4.39. The average molecular weight is 189 g/mol. The van der Waals surface area contributed by atoms with Crippen molar-refractivity contribution in [3.63, 3.8) is 0 Å². The Hall–Kier alpha value is -1.82. The molecular weight excluding hydrogens is 178 g/mol. The van der Waals surface area contributed by atoms with E-state index in [0.717, 1.165) is 17.6 Å². The van der Waals surface area contributed by atoms with E-state index in [1.807, 2.05) is 12.1 Å². The highest BCUT2D eigenvalue weighted by atomic mass is 16.5. The topological polar surface area (TPSA) is 50.1 Å². The van der Waals surface area contributed by atoms with Crippen LogP contribution < -0.4 is 4.74 Å². The Morgan fingerprint density at radius 3 is 2.64 bits per heavy atom. The molecule has 0 unspecified atom stereocenters. The first-order valence-corrected chi connectivity index (χ1v) is 4.39. The average Bonchev–Trinajstić information content (AvgIpc) is 2.21. The Balaban J connectivity index is 2.47. The second-order valence-electron chi connectivity index (χ2n) is 2.78. The van der Waals surface area contributed by atoms with Crippen LogP contribution in [0.4, 0.5) is 0 Å². The standard InChI is InChI=1S/C11H11NO2/c12-7-6-10-2-4-11(5-3-10)14-9-1-8-13/h2-5,8H,1,6,9H2. The minimum absolute atomic E-state index is 0.403. The molecule has 3 nitrogen and oxygen atoms in total.